The van der Waals surface area contributed by atoms with E-state index in [1.807, 2.05) is 0 Å². The Morgan fingerprint density at radius 3 is 1.78 bits per heavy atom. The summed E-state index contributed by atoms with van der Waals surface area (Å²) < 4.78 is 0. The van der Waals surface area contributed by atoms with Crippen LogP contribution in [0.4, 0.5) is 0 Å². The first-order chi connectivity index (χ1) is 4.33. The largest absolute Gasteiger partial charge is 0.179 e. The van der Waals surface area contributed by atoms with Gasteiger partial charge in [-0.2, -0.15) is 25.3 Å². The summed E-state index contributed by atoms with van der Waals surface area (Å²) in [6, 6.07) is 0. The fourth-order valence-corrected chi connectivity index (χ4v) is 1.97. The van der Waals surface area contributed by atoms with Gasteiger partial charge in [-0.1, -0.05) is 12.2 Å². The summed E-state index contributed by atoms with van der Waals surface area (Å²) in [5.74, 6) is 1.92. The maximum atomic E-state index is 4.29. The summed E-state index contributed by atoms with van der Waals surface area (Å²) in [6.07, 6.45) is 6.79. The summed E-state index contributed by atoms with van der Waals surface area (Å²) in [4.78, 5) is 0. The Morgan fingerprint density at radius 2 is 1.56 bits per heavy atom. The van der Waals surface area contributed by atoms with Crippen LogP contribution in [0.2, 0.25) is 0 Å². The Labute approximate surface area is 67.5 Å². The Hall–Kier alpha value is 0.440. The molecule has 0 aliphatic heterocycles. The highest BCUT2D eigenvalue weighted by atomic mass is 32.1. The average molecular weight is 160 g/mol. The van der Waals surface area contributed by atoms with E-state index in [9.17, 15) is 0 Å². The van der Waals surface area contributed by atoms with E-state index >= 15 is 0 Å². The van der Waals surface area contributed by atoms with Crippen LogP contribution < -0.4 is 0 Å². The molecule has 0 heterocycles. The summed E-state index contributed by atoms with van der Waals surface area (Å²) in [5, 5.41) is 0. The van der Waals surface area contributed by atoms with Crippen molar-refractivity contribution in [3.8, 4) is 0 Å². The first-order valence-corrected chi connectivity index (χ1v) is 4.46. The van der Waals surface area contributed by atoms with Crippen molar-refractivity contribution in [1.29, 1.82) is 0 Å². The summed E-state index contributed by atoms with van der Waals surface area (Å²) in [7, 11) is 0. The molecule has 0 saturated heterocycles. The van der Waals surface area contributed by atoms with Crippen molar-refractivity contribution in [3.63, 3.8) is 0 Å². The molecule has 0 aromatic carbocycles. The van der Waals surface area contributed by atoms with E-state index in [0.29, 0.717) is 5.41 Å². The second-order valence-corrected chi connectivity index (χ2v) is 3.33. The van der Waals surface area contributed by atoms with Crippen molar-refractivity contribution in [2.75, 3.05) is 11.5 Å². The molecule has 1 rings (SSSR count). The van der Waals surface area contributed by atoms with Crippen LogP contribution in [0.25, 0.3) is 0 Å². The molecule has 0 aromatic rings. The summed E-state index contributed by atoms with van der Waals surface area (Å²) >= 11 is 8.59. The smallest absolute Gasteiger partial charge is 0.00274 e. The van der Waals surface area contributed by atoms with Crippen LogP contribution in [0.5, 0.6) is 0 Å². The molecule has 52 valence electrons. The van der Waals surface area contributed by atoms with Crippen LogP contribution in [0.3, 0.4) is 0 Å². The molecule has 9 heavy (non-hydrogen) atoms. The third-order valence-corrected chi connectivity index (χ3v) is 3.28. The van der Waals surface area contributed by atoms with Gasteiger partial charge in [0.05, 0.1) is 0 Å². The first-order valence-electron chi connectivity index (χ1n) is 3.20. The third-order valence-electron chi connectivity index (χ3n) is 1.94. The van der Waals surface area contributed by atoms with Gasteiger partial charge in [0.25, 0.3) is 0 Å². The molecule has 0 bridgehead atoms. The lowest BCUT2D eigenvalue weighted by atomic mass is 9.90. The monoisotopic (exact) mass is 160 g/mol. The van der Waals surface area contributed by atoms with Crippen LogP contribution in [0.1, 0.15) is 12.8 Å². The van der Waals surface area contributed by atoms with Crippen molar-refractivity contribution in [2.45, 2.75) is 12.8 Å². The molecule has 0 spiro atoms. The topological polar surface area (TPSA) is 0 Å². The zero-order chi connectivity index (χ0) is 6.74. The number of rotatable bonds is 2. The van der Waals surface area contributed by atoms with Gasteiger partial charge in [0, 0.05) is 0 Å². The average Bonchev–Trinajstić information content (AvgIpc) is 2.36. The minimum atomic E-state index is 0.395. The molecule has 0 N–H and O–H groups in total. The molecule has 0 amide bonds. The molecule has 0 fully saturated rings. The summed E-state index contributed by atoms with van der Waals surface area (Å²) in [6.45, 7) is 0. The molecule has 0 radical (unpaired) electrons. The van der Waals surface area contributed by atoms with Crippen molar-refractivity contribution in [3.05, 3.63) is 12.2 Å². The number of hydrogen-bond acceptors (Lipinski definition) is 2. The van der Waals surface area contributed by atoms with Crippen LogP contribution in [0, 0.1) is 5.41 Å². The van der Waals surface area contributed by atoms with Gasteiger partial charge in [0.2, 0.25) is 0 Å². The predicted octanol–water partition coefficient (Wildman–Crippen LogP) is 2.18. The third kappa shape index (κ3) is 1.47. The molecule has 0 atom stereocenters. The standard InChI is InChI=1S/C7H12S2/c8-5-7(6-9)3-1-2-4-7/h1-2,8-9H,3-6H2. The molecule has 0 unspecified atom stereocenters. The Kier molecular flexibility index (Phi) is 2.53. The van der Waals surface area contributed by atoms with Gasteiger partial charge < -0.3 is 0 Å². The molecule has 2 heteroatoms. The van der Waals surface area contributed by atoms with E-state index in [4.69, 9.17) is 0 Å². The Balaban J connectivity index is 2.50. The SMILES string of the molecule is SCC1(CS)CC=CC1. The number of allylic oxidation sites excluding steroid dienone is 2. The van der Waals surface area contributed by atoms with Crippen molar-refractivity contribution in [1.82, 2.24) is 0 Å². The number of thiol groups is 2. The van der Waals surface area contributed by atoms with Crippen LogP contribution in [-0.4, -0.2) is 11.5 Å². The maximum Gasteiger partial charge on any atom is -0.00274 e. The normalized spacial score (nSPS) is 22.9. The highest BCUT2D eigenvalue weighted by Gasteiger charge is 2.27. The summed E-state index contributed by atoms with van der Waals surface area (Å²) in [5.41, 5.74) is 0.395. The molecular weight excluding hydrogens is 148 g/mol. The lowest BCUT2D eigenvalue weighted by molar-refractivity contribution is 0.422. The van der Waals surface area contributed by atoms with Gasteiger partial charge in [0.1, 0.15) is 0 Å². The van der Waals surface area contributed by atoms with E-state index in [1.54, 1.807) is 0 Å². The van der Waals surface area contributed by atoms with Gasteiger partial charge >= 0.3 is 0 Å². The van der Waals surface area contributed by atoms with Crippen LogP contribution in [0.15, 0.2) is 12.2 Å². The molecule has 0 saturated carbocycles. The lowest BCUT2D eigenvalue weighted by Crippen LogP contribution is -2.20. The zero-order valence-corrected chi connectivity index (χ0v) is 7.17. The molecule has 1 aliphatic rings. The second-order valence-electron chi connectivity index (χ2n) is 2.70. The van der Waals surface area contributed by atoms with Crippen LogP contribution in [-0.2, 0) is 0 Å². The van der Waals surface area contributed by atoms with Gasteiger partial charge in [-0.25, -0.2) is 0 Å². The van der Waals surface area contributed by atoms with Gasteiger partial charge in [-0.3, -0.25) is 0 Å². The highest BCUT2D eigenvalue weighted by molar-refractivity contribution is 7.81. The fraction of sp³-hybridized carbons (Fsp3) is 0.714. The van der Waals surface area contributed by atoms with Gasteiger partial charge in [-0.15, -0.1) is 0 Å². The minimum Gasteiger partial charge on any atom is -0.179 e. The molecule has 1 aliphatic carbocycles. The predicted molar refractivity (Wildman–Crippen MR) is 48.5 cm³/mol. The molecule has 0 nitrogen and oxygen atoms in total. The van der Waals surface area contributed by atoms with Crippen LogP contribution >= 0.6 is 25.3 Å². The molecular formula is C7H12S2. The van der Waals surface area contributed by atoms with E-state index in [-0.39, 0.29) is 0 Å². The quantitative estimate of drug-likeness (QED) is 0.449. The van der Waals surface area contributed by atoms with Crippen molar-refractivity contribution in [2.24, 2.45) is 5.41 Å². The van der Waals surface area contributed by atoms with Gasteiger partial charge in [-0.05, 0) is 29.8 Å². The second kappa shape index (κ2) is 3.02. The van der Waals surface area contributed by atoms with E-state index in [1.165, 1.54) is 12.8 Å². The Bertz CT molecular complexity index is 104. The maximum absolute atomic E-state index is 4.29. The number of hydrogen-bond donors (Lipinski definition) is 2. The zero-order valence-electron chi connectivity index (χ0n) is 5.38. The van der Waals surface area contributed by atoms with E-state index in [0.717, 1.165) is 11.5 Å². The first kappa shape index (κ1) is 7.55. The molecule has 0 aromatic heterocycles. The fourth-order valence-electron chi connectivity index (χ4n) is 1.06. The van der Waals surface area contributed by atoms with E-state index in [2.05, 4.69) is 37.4 Å². The highest BCUT2D eigenvalue weighted by Crippen LogP contribution is 2.34. The minimum absolute atomic E-state index is 0.395. The lowest BCUT2D eigenvalue weighted by Gasteiger charge is -2.23. The van der Waals surface area contributed by atoms with Crippen molar-refractivity contribution >= 4 is 25.3 Å². The van der Waals surface area contributed by atoms with Crippen molar-refractivity contribution < 1.29 is 0 Å². The Morgan fingerprint density at radius 1 is 1.11 bits per heavy atom. The van der Waals surface area contributed by atoms with Gasteiger partial charge in [0.15, 0.2) is 0 Å². The van der Waals surface area contributed by atoms with E-state index < -0.39 is 0 Å².